The first-order valence-electron chi connectivity index (χ1n) is 20.6. The molecule has 0 unspecified atom stereocenters. The van der Waals surface area contributed by atoms with Crippen LogP contribution in [0.1, 0.15) is 0 Å². The largest absolute Gasteiger partial charge is 0.308 e. The molecule has 6 aromatic heterocycles. The van der Waals surface area contributed by atoms with E-state index in [1.54, 1.807) is 0 Å². The van der Waals surface area contributed by atoms with Gasteiger partial charge in [0.1, 0.15) is 0 Å². The summed E-state index contributed by atoms with van der Waals surface area (Å²) in [4.78, 5) is 20.9. The molecule has 6 nitrogen and oxygen atoms in total. The Morgan fingerprint density at radius 3 is 1.68 bits per heavy atom. The molecule has 0 atom stereocenters. The van der Waals surface area contributed by atoms with Crippen molar-refractivity contribution < 1.29 is 0 Å². The fraction of sp³-hybridized carbons (Fsp3) is 0. The van der Waals surface area contributed by atoms with Gasteiger partial charge in [-0.25, -0.2) is 4.98 Å². The second kappa shape index (κ2) is 12.9. The molecular formula is C54H30N6S2. The normalized spacial score (nSPS) is 12.2. The first-order valence-corrected chi connectivity index (χ1v) is 22.3. The van der Waals surface area contributed by atoms with Crippen molar-refractivity contribution in [3.8, 4) is 34.4 Å². The lowest BCUT2D eigenvalue weighted by atomic mass is 10.1. The Bertz CT molecular complexity index is 4060. The van der Waals surface area contributed by atoms with Crippen LogP contribution in [0, 0.1) is 0 Å². The maximum absolute atomic E-state index is 5.41. The van der Waals surface area contributed by atoms with Gasteiger partial charge >= 0.3 is 0 Å². The van der Waals surface area contributed by atoms with Crippen molar-refractivity contribution in [2.24, 2.45) is 0 Å². The van der Waals surface area contributed by atoms with E-state index < -0.39 is 0 Å². The van der Waals surface area contributed by atoms with Gasteiger partial charge in [-0.05, 0) is 84.9 Å². The number of hydrogen-bond donors (Lipinski definition) is 0. The first kappa shape index (κ1) is 34.0. The van der Waals surface area contributed by atoms with Crippen LogP contribution in [-0.4, -0.2) is 29.1 Å². The summed E-state index contributed by atoms with van der Waals surface area (Å²) in [5, 5.41) is 10.6. The lowest BCUT2D eigenvalue weighted by molar-refractivity contribution is 0.954. The highest BCUT2D eigenvalue weighted by molar-refractivity contribution is 7.26. The van der Waals surface area contributed by atoms with Gasteiger partial charge in [-0.1, -0.05) is 91.0 Å². The monoisotopic (exact) mass is 826 g/mol. The fourth-order valence-electron chi connectivity index (χ4n) is 9.64. The van der Waals surface area contributed by atoms with E-state index >= 15 is 0 Å². The molecule has 62 heavy (non-hydrogen) atoms. The van der Waals surface area contributed by atoms with Gasteiger partial charge in [0.05, 0.1) is 27.6 Å². The summed E-state index contributed by atoms with van der Waals surface area (Å²) < 4.78 is 9.65. The second-order valence-corrected chi connectivity index (χ2v) is 18.0. The van der Waals surface area contributed by atoms with Crippen LogP contribution in [0.3, 0.4) is 0 Å². The van der Waals surface area contributed by atoms with E-state index in [4.69, 9.17) is 19.9 Å². The first-order chi connectivity index (χ1) is 30.7. The maximum Gasteiger partial charge on any atom is 0.238 e. The summed E-state index contributed by atoms with van der Waals surface area (Å²) in [5.41, 5.74) is 8.22. The van der Waals surface area contributed by atoms with Crippen LogP contribution >= 0.6 is 22.7 Å². The number of aromatic nitrogens is 6. The fourth-order valence-corrected chi connectivity index (χ4v) is 11.8. The minimum atomic E-state index is 0.568. The average molecular weight is 827 g/mol. The molecule has 0 aliphatic carbocycles. The van der Waals surface area contributed by atoms with Crippen molar-refractivity contribution >= 4 is 118 Å². The number of thiophene rings is 2. The van der Waals surface area contributed by atoms with Crippen molar-refractivity contribution in [1.82, 2.24) is 29.1 Å². The van der Waals surface area contributed by atoms with E-state index in [1.807, 2.05) is 34.9 Å². The average Bonchev–Trinajstić information content (AvgIpc) is 4.08. The van der Waals surface area contributed by atoms with Gasteiger partial charge in [0.2, 0.25) is 5.95 Å². The molecule has 0 saturated heterocycles. The lowest BCUT2D eigenvalue weighted by Crippen LogP contribution is -2.06. The van der Waals surface area contributed by atoms with Gasteiger partial charge in [0.25, 0.3) is 0 Å². The Labute approximate surface area is 361 Å². The van der Waals surface area contributed by atoms with E-state index in [1.165, 1.54) is 51.1 Å². The molecule has 0 N–H and O–H groups in total. The molecule has 0 aliphatic rings. The maximum atomic E-state index is 5.41. The molecule has 8 heteroatoms. The zero-order chi connectivity index (χ0) is 40.5. The molecule has 0 aliphatic heterocycles. The van der Waals surface area contributed by atoms with Gasteiger partial charge in [0.15, 0.2) is 11.6 Å². The molecule has 14 aromatic rings. The Kier molecular flexibility index (Phi) is 7.05. The number of rotatable bonds is 4. The minimum absolute atomic E-state index is 0.568. The van der Waals surface area contributed by atoms with Crippen LogP contribution in [0.4, 0.5) is 0 Å². The highest BCUT2D eigenvalue weighted by Crippen LogP contribution is 2.43. The summed E-state index contributed by atoms with van der Waals surface area (Å²) in [7, 11) is 0. The van der Waals surface area contributed by atoms with Crippen molar-refractivity contribution in [1.29, 1.82) is 0 Å². The van der Waals surface area contributed by atoms with E-state index in [-0.39, 0.29) is 0 Å². The number of fused-ring (bicyclic) bond motifs is 14. The van der Waals surface area contributed by atoms with Crippen LogP contribution in [0.5, 0.6) is 0 Å². The Hall–Kier alpha value is -7.78. The van der Waals surface area contributed by atoms with Crippen molar-refractivity contribution in [2.75, 3.05) is 0 Å². The number of para-hydroxylation sites is 2. The molecule has 288 valence electrons. The number of hydrogen-bond acceptors (Lipinski definition) is 6. The highest BCUT2D eigenvalue weighted by Gasteiger charge is 2.23. The summed E-state index contributed by atoms with van der Waals surface area (Å²) in [6.45, 7) is 0. The van der Waals surface area contributed by atoms with Gasteiger partial charge in [0, 0.05) is 90.3 Å². The molecule has 14 rings (SSSR count). The number of nitrogens with zero attached hydrogens (tertiary/aromatic N) is 6. The third-order valence-corrected chi connectivity index (χ3v) is 14.7. The summed E-state index contributed by atoms with van der Waals surface area (Å²) in [6.07, 6.45) is 1.86. The summed E-state index contributed by atoms with van der Waals surface area (Å²) in [6, 6.07) is 63.0. The topological polar surface area (TPSA) is 61.4 Å². The molecule has 6 heterocycles. The third-order valence-electron chi connectivity index (χ3n) is 12.4. The quantitative estimate of drug-likeness (QED) is 0.177. The standard InChI is InChI=1S/C54H30N6S2/c1-5-15-43-35(11-1)38-23-24-45-50(51(38)59(43)34-22-19-31-10-9-27-55-42(31)30-34)39-14-2-6-16-44(39)60(45)54-57-52(32-20-25-48-40(28-32)36-12-3-7-17-46(36)61-48)56-53(58-54)33-21-26-49-41(29-33)37-13-4-8-18-47(37)62-49/h1-30H. The van der Waals surface area contributed by atoms with Crippen LogP contribution < -0.4 is 0 Å². The van der Waals surface area contributed by atoms with Crippen LogP contribution in [0.25, 0.3) is 129 Å². The van der Waals surface area contributed by atoms with E-state index in [0.717, 1.165) is 60.6 Å². The molecule has 0 bridgehead atoms. The van der Waals surface area contributed by atoms with Crippen LogP contribution in [-0.2, 0) is 0 Å². The van der Waals surface area contributed by atoms with Gasteiger partial charge in [-0.15, -0.1) is 22.7 Å². The minimum Gasteiger partial charge on any atom is -0.308 e. The highest BCUT2D eigenvalue weighted by atomic mass is 32.1. The number of pyridine rings is 1. The van der Waals surface area contributed by atoms with Crippen LogP contribution in [0.15, 0.2) is 182 Å². The van der Waals surface area contributed by atoms with Crippen molar-refractivity contribution in [3.63, 3.8) is 0 Å². The Morgan fingerprint density at radius 2 is 0.984 bits per heavy atom. The molecule has 0 amide bonds. The Morgan fingerprint density at radius 1 is 0.387 bits per heavy atom. The molecule has 8 aromatic carbocycles. The van der Waals surface area contributed by atoms with Gasteiger partial charge < -0.3 is 4.57 Å². The number of benzene rings is 8. The molecule has 0 saturated carbocycles. The summed E-state index contributed by atoms with van der Waals surface area (Å²) in [5.74, 6) is 1.82. The summed E-state index contributed by atoms with van der Waals surface area (Å²) >= 11 is 3.63. The second-order valence-electron chi connectivity index (χ2n) is 15.8. The smallest absolute Gasteiger partial charge is 0.238 e. The van der Waals surface area contributed by atoms with Gasteiger partial charge in [-0.2, -0.15) is 9.97 Å². The molecule has 0 radical (unpaired) electrons. The van der Waals surface area contributed by atoms with Crippen molar-refractivity contribution in [2.45, 2.75) is 0 Å². The van der Waals surface area contributed by atoms with E-state index in [9.17, 15) is 0 Å². The molecule has 0 fully saturated rings. The predicted molar refractivity (Wildman–Crippen MR) is 260 cm³/mol. The lowest BCUT2D eigenvalue weighted by Gasteiger charge is -2.12. The third kappa shape index (κ3) is 4.90. The molecular weight excluding hydrogens is 797 g/mol. The van der Waals surface area contributed by atoms with Crippen LogP contribution in [0.2, 0.25) is 0 Å². The Balaban J connectivity index is 1.07. The van der Waals surface area contributed by atoms with Gasteiger partial charge in [-0.3, -0.25) is 9.55 Å². The predicted octanol–water partition coefficient (Wildman–Crippen LogP) is 14.7. The SMILES string of the molecule is c1cnc2cc(-n3c4ccccc4c4ccc5c(c6ccccc6n5-c5nc(-c6ccc7sc8ccccc8c7c6)nc(-c6ccc7sc8ccccc8c7c6)n5)c43)ccc2c1. The zero-order valence-electron chi connectivity index (χ0n) is 32.8. The van der Waals surface area contributed by atoms with E-state index in [0.29, 0.717) is 17.6 Å². The molecule has 0 spiro atoms. The zero-order valence-corrected chi connectivity index (χ0v) is 34.5. The van der Waals surface area contributed by atoms with E-state index in [2.05, 4.69) is 179 Å². The van der Waals surface area contributed by atoms with Crippen molar-refractivity contribution in [3.05, 3.63) is 182 Å².